The highest BCUT2D eigenvalue weighted by molar-refractivity contribution is 6.07. The number of nitrogens with zero attached hydrogens (tertiary/aromatic N) is 1. The molecule has 0 aliphatic carbocycles. The number of carbonyl (C=O) groups excluding carboxylic acids is 1. The number of ether oxygens (including phenoxy) is 2. The molecule has 1 aromatic heterocycles. The van der Waals surface area contributed by atoms with Crippen LogP contribution in [0.3, 0.4) is 0 Å². The average molecular weight is 414 g/mol. The fourth-order valence-electron chi connectivity index (χ4n) is 3.60. The number of hydrogen-bond acceptors (Lipinski definition) is 6. The summed E-state index contributed by atoms with van der Waals surface area (Å²) in [5, 5.41) is 12.1. The molecule has 0 spiro atoms. The summed E-state index contributed by atoms with van der Waals surface area (Å²) in [5.74, 6) is -0.437. The largest absolute Gasteiger partial charge is 0.449 e. The van der Waals surface area contributed by atoms with Crippen LogP contribution in [0.4, 0.5) is 18.9 Å². The van der Waals surface area contributed by atoms with Gasteiger partial charge in [0.25, 0.3) is 5.91 Å². The topological polar surface area (TPSA) is 84.2 Å². The number of alkyl halides is 3. The number of hydrogen-bond donors (Lipinski definition) is 2. The van der Waals surface area contributed by atoms with Crippen LogP contribution in [0, 0.1) is 0 Å². The number of rotatable bonds is 4. The van der Waals surface area contributed by atoms with E-state index in [1.54, 1.807) is 0 Å². The Morgan fingerprint density at radius 1 is 1.21 bits per heavy atom. The zero-order chi connectivity index (χ0) is 20.6. The van der Waals surface area contributed by atoms with Gasteiger partial charge in [-0.05, 0) is 24.6 Å². The quantitative estimate of drug-likeness (QED) is 0.798. The van der Waals surface area contributed by atoms with Crippen LogP contribution >= 0.6 is 0 Å². The third-order valence-electron chi connectivity index (χ3n) is 5.14. The van der Waals surface area contributed by atoms with E-state index in [4.69, 9.17) is 19.0 Å². The van der Waals surface area contributed by atoms with Gasteiger partial charge < -0.3 is 29.2 Å². The van der Waals surface area contributed by atoms with Crippen LogP contribution in [0.5, 0.6) is 0 Å². The van der Waals surface area contributed by atoms with Gasteiger partial charge in [0, 0.05) is 25.0 Å². The van der Waals surface area contributed by atoms with Gasteiger partial charge in [0.05, 0.1) is 37.2 Å². The maximum Gasteiger partial charge on any atom is 0.416 e. The summed E-state index contributed by atoms with van der Waals surface area (Å²) >= 11 is 0. The van der Waals surface area contributed by atoms with E-state index in [0.29, 0.717) is 38.3 Å². The molecule has 2 N–H and O–H groups in total. The number of carbonyl (C=O) groups is 1. The number of aliphatic hydroxyl groups is 1. The lowest BCUT2D eigenvalue weighted by molar-refractivity contribution is -0.145. The molecular weight excluding hydrogens is 393 g/mol. The van der Waals surface area contributed by atoms with Gasteiger partial charge in [0.2, 0.25) is 5.76 Å². The standard InChI is InChI=1S/C19H21F3N2O5/c20-19(21,22)11-1-2-15-14(7-11)16-17(29-15)18(26)23-4-6-24(16)5-3-12-9-28-13(8-25)10-27-12/h1-2,7,12-13,25H,3-6,8-10H2,(H,23,26)/t12-,13+/m1/s1. The Morgan fingerprint density at radius 2 is 1.97 bits per heavy atom. The number of fused-ring (bicyclic) bond motifs is 3. The van der Waals surface area contributed by atoms with E-state index in [1.807, 2.05) is 4.90 Å². The summed E-state index contributed by atoms with van der Waals surface area (Å²) in [6, 6.07) is 3.21. The van der Waals surface area contributed by atoms with Crippen LogP contribution in [-0.2, 0) is 15.7 Å². The molecule has 0 bridgehead atoms. The maximum absolute atomic E-state index is 13.2. The first-order valence-electron chi connectivity index (χ1n) is 9.37. The Kier molecular flexibility index (Phi) is 5.41. The number of halogens is 3. The summed E-state index contributed by atoms with van der Waals surface area (Å²) < 4.78 is 56.3. The van der Waals surface area contributed by atoms with Crippen LogP contribution in [0.2, 0.25) is 0 Å². The van der Waals surface area contributed by atoms with E-state index >= 15 is 0 Å². The van der Waals surface area contributed by atoms with Crippen LogP contribution in [0.25, 0.3) is 11.0 Å². The van der Waals surface area contributed by atoms with Crippen molar-refractivity contribution >= 4 is 22.6 Å². The highest BCUT2D eigenvalue weighted by atomic mass is 19.4. The van der Waals surface area contributed by atoms with Crippen molar-refractivity contribution in [2.24, 2.45) is 0 Å². The Morgan fingerprint density at radius 3 is 2.66 bits per heavy atom. The highest BCUT2D eigenvalue weighted by Crippen LogP contribution is 2.39. The second kappa shape index (κ2) is 7.85. The van der Waals surface area contributed by atoms with E-state index in [0.717, 1.165) is 12.1 Å². The molecule has 7 nitrogen and oxygen atoms in total. The number of anilines is 1. The van der Waals surface area contributed by atoms with Crippen molar-refractivity contribution in [1.29, 1.82) is 0 Å². The molecule has 1 amide bonds. The molecule has 2 aliphatic heterocycles. The highest BCUT2D eigenvalue weighted by Gasteiger charge is 2.34. The lowest BCUT2D eigenvalue weighted by atomic mass is 10.1. The molecule has 3 heterocycles. The van der Waals surface area contributed by atoms with Crippen molar-refractivity contribution in [3.05, 3.63) is 29.5 Å². The summed E-state index contributed by atoms with van der Waals surface area (Å²) in [6.07, 6.45) is -4.47. The third kappa shape index (κ3) is 4.05. The summed E-state index contributed by atoms with van der Waals surface area (Å²) in [5.41, 5.74) is -0.198. The van der Waals surface area contributed by atoms with Gasteiger partial charge in [0.1, 0.15) is 11.7 Å². The molecule has 0 radical (unpaired) electrons. The zero-order valence-electron chi connectivity index (χ0n) is 15.5. The predicted octanol–water partition coefficient (Wildman–Crippen LogP) is 2.17. The normalized spacial score (nSPS) is 23.0. The molecule has 2 aromatic rings. The summed E-state index contributed by atoms with van der Waals surface area (Å²) in [7, 11) is 0. The zero-order valence-corrected chi connectivity index (χ0v) is 15.5. The van der Waals surface area contributed by atoms with Crippen molar-refractivity contribution in [2.45, 2.75) is 24.8 Å². The predicted molar refractivity (Wildman–Crippen MR) is 96.9 cm³/mol. The molecule has 4 rings (SSSR count). The van der Waals surface area contributed by atoms with E-state index < -0.39 is 17.6 Å². The maximum atomic E-state index is 13.2. The fourth-order valence-corrected chi connectivity index (χ4v) is 3.60. The van der Waals surface area contributed by atoms with Gasteiger partial charge in [-0.1, -0.05) is 0 Å². The van der Waals surface area contributed by atoms with Crippen LogP contribution in [0.15, 0.2) is 22.6 Å². The van der Waals surface area contributed by atoms with Crippen molar-refractivity contribution < 1.29 is 37.0 Å². The molecule has 10 heteroatoms. The minimum atomic E-state index is -4.49. The Bertz CT molecular complexity index is 890. The van der Waals surface area contributed by atoms with E-state index in [2.05, 4.69) is 5.32 Å². The van der Waals surface area contributed by atoms with Crippen molar-refractivity contribution in [3.8, 4) is 0 Å². The van der Waals surface area contributed by atoms with Gasteiger partial charge in [-0.2, -0.15) is 13.2 Å². The lowest BCUT2D eigenvalue weighted by Gasteiger charge is -2.30. The fraction of sp³-hybridized carbons (Fsp3) is 0.526. The van der Waals surface area contributed by atoms with E-state index in [-0.39, 0.29) is 42.2 Å². The third-order valence-corrected chi connectivity index (χ3v) is 5.14. The van der Waals surface area contributed by atoms with Crippen molar-refractivity contribution in [3.63, 3.8) is 0 Å². The molecule has 158 valence electrons. The Labute approximate surface area is 164 Å². The Balaban J connectivity index is 1.61. The van der Waals surface area contributed by atoms with E-state index in [9.17, 15) is 18.0 Å². The second-order valence-electron chi connectivity index (χ2n) is 7.11. The lowest BCUT2D eigenvalue weighted by Crippen LogP contribution is -2.40. The number of amides is 1. The number of nitrogens with one attached hydrogen (secondary N) is 1. The van der Waals surface area contributed by atoms with Gasteiger partial charge in [0.15, 0.2) is 0 Å². The van der Waals surface area contributed by atoms with Gasteiger partial charge >= 0.3 is 6.18 Å². The number of aliphatic hydroxyl groups excluding tert-OH is 1. The van der Waals surface area contributed by atoms with E-state index in [1.165, 1.54) is 6.07 Å². The molecule has 1 saturated heterocycles. The molecule has 2 atom stereocenters. The van der Waals surface area contributed by atoms with Crippen molar-refractivity contribution in [1.82, 2.24) is 5.32 Å². The van der Waals surface area contributed by atoms with Crippen molar-refractivity contribution in [2.75, 3.05) is 44.4 Å². The smallest absolute Gasteiger partial charge is 0.416 e. The first kappa shape index (κ1) is 20.0. The first-order valence-corrected chi connectivity index (χ1v) is 9.37. The number of benzene rings is 1. The second-order valence-corrected chi connectivity index (χ2v) is 7.11. The average Bonchev–Trinajstić information content (AvgIpc) is 3.01. The molecule has 0 unspecified atom stereocenters. The van der Waals surface area contributed by atoms with Crippen LogP contribution in [0.1, 0.15) is 22.5 Å². The summed E-state index contributed by atoms with van der Waals surface area (Å²) in [6.45, 7) is 1.72. The number of furan rings is 1. The minimum absolute atomic E-state index is 0.0120. The van der Waals surface area contributed by atoms with Gasteiger partial charge in [-0.3, -0.25) is 4.79 Å². The molecule has 1 aromatic carbocycles. The summed E-state index contributed by atoms with van der Waals surface area (Å²) in [4.78, 5) is 14.2. The molecule has 2 aliphatic rings. The minimum Gasteiger partial charge on any atom is -0.449 e. The molecule has 29 heavy (non-hydrogen) atoms. The van der Waals surface area contributed by atoms with Crippen LogP contribution < -0.4 is 10.2 Å². The van der Waals surface area contributed by atoms with Gasteiger partial charge in [-0.25, -0.2) is 0 Å². The Hall–Kier alpha value is -2.30. The van der Waals surface area contributed by atoms with Crippen LogP contribution in [-0.4, -0.2) is 62.7 Å². The first-order chi connectivity index (χ1) is 13.9. The monoisotopic (exact) mass is 414 g/mol. The molecule has 0 saturated carbocycles. The molecular formula is C19H21F3N2O5. The SMILES string of the molecule is O=C1NCCN(CC[C@@H]2CO[C@@H](CO)CO2)c2c1oc1ccc(C(F)(F)F)cc21. The van der Waals surface area contributed by atoms with Gasteiger partial charge in [-0.15, -0.1) is 0 Å². The molecule has 1 fully saturated rings.